The van der Waals surface area contributed by atoms with Crippen LogP contribution in [0.25, 0.3) is 0 Å². The molecule has 1 unspecified atom stereocenters. The molecule has 1 aromatic rings. The van der Waals surface area contributed by atoms with Crippen molar-refractivity contribution in [2.75, 3.05) is 37.7 Å². The van der Waals surface area contributed by atoms with Gasteiger partial charge >= 0.3 is 0 Å². The van der Waals surface area contributed by atoms with Gasteiger partial charge in [0.2, 0.25) is 0 Å². The number of hydrogen-bond acceptors (Lipinski definition) is 3. The molecule has 0 bridgehead atoms. The molecule has 0 radical (unpaired) electrons. The fourth-order valence-electron chi connectivity index (χ4n) is 2.77. The minimum atomic E-state index is -0.188. The summed E-state index contributed by atoms with van der Waals surface area (Å²) in [7, 11) is 0. The second-order valence-corrected chi connectivity index (χ2v) is 6.39. The zero-order valence-corrected chi connectivity index (χ0v) is 17.4. The Morgan fingerprint density at radius 2 is 2.12 bits per heavy atom. The predicted octanol–water partition coefficient (Wildman–Crippen LogP) is 2.60. The topological polar surface area (TPSA) is 59.9 Å². The first-order valence-corrected chi connectivity index (χ1v) is 8.78. The Morgan fingerprint density at radius 3 is 2.72 bits per heavy atom. The second-order valence-electron chi connectivity index (χ2n) is 6.39. The number of halogens is 2. The van der Waals surface area contributed by atoms with Gasteiger partial charge in [0.05, 0.1) is 0 Å². The molecule has 1 aromatic carbocycles. The average Bonchev–Trinajstić information content (AvgIpc) is 2.60. The Bertz CT molecular complexity index is 536. The van der Waals surface area contributed by atoms with Gasteiger partial charge in [0.1, 0.15) is 5.82 Å². The van der Waals surface area contributed by atoms with Crippen LogP contribution in [0.2, 0.25) is 0 Å². The van der Waals surface area contributed by atoms with Gasteiger partial charge in [0.15, 0.2) is 5.96 Å². The molecule has 0 saturated carbocycles. The van der Waals surface area contributed by atoms with Crippen molar-refractivity contribution in [3.05, 3.63) is 30.1 Å². The minimum Gasteiger partial charge on any atom is -0.396 e. The van der Waals surface area contributed by atoms with E-state index in [2.05, 4.69) is 20.5 Å². The maximum atomic E-state index is 13.4. The lowest BCUT2D eigenvalue weighted by atomic mass is 10.0. The number of piperidine rings is 1. The molecule has 0 amide bonds. The highest BCUT2D eigenvalue weighted by Crippen LogP contribution is 2.20. The summed E-state index contributed by atoms with van der Waals surface area (Å²) in [4.78, 5) is 6.76. The highest BCUT2D eigenvalue weighted by Gasteiger charge is 2.20. The summed E-state index contributed by atoms with van der Waals surface area (Å²) in [5, 5.41) is 15.8. The van der Waals surface area contributed by atoms with Gasteiger partial charge in [-0.05, 0) is 43.9 Å². The van der Waals surface area contributed by atoms with Gasteiger partial charge in [-0.1, -0.05) is 13.0 Å². The van der Waals surface area contributed by atoms with Crippen LogP contribution in [-0.4, -0.2) is 49.9 Å². The summed E-state index contributed by atoms with van der Waals surface area (Å²) >= 11 is 0. The summed E-state index contributed by atoms with van der Waals surface area (Å²) in [5.41, 5.74) is 0.950. The van der Waals surface area contributed by atoms with Crippen molar-refractivity contribution in [3.63, 3.8) is 0 Å². The zero-order chi connectivity index (χ0) is 17.4. The van der Waals surface area contributed by atoms with Crippen molar-refractivity contribution in [3.8, 4) is 0 Å². The fourth-order valence-corrected chi connectivity index (χ4v) is 2.77. The van der Waals surface area contributed by atoms with Crippen LogP contribution in [0.3, 0.4) is 0 Å². The molecule has 5 nitrogen and oxygen atoms in total. The van der Waals surface area contributed by atoms with Crippen LogP contribution in [0.1, 0.15) is 26.7 Å². The van der Waals surface area contributed by atoms with Crippen molar-refractivity contribution < 1.29 is 9.50 Å². The first kappa shape index (κ1) is 22.0. The molecule has 1 saturated heterocycles. The molecule has 1 atom stereocenters. The van der Waals surface area contributed by atoms with E-state index in [9.17, 15) is 4.39 Å². The lowest BCUT2D eigenvalue weighted by Gasteiger charge is -2.34. The van der Waals surface area contributed by atoms with E-state index in [1.165, 1.54) is 6.07 Å². The molecule has 142 valence electrons. The number of aliphatic hydroxyl groups is 1. The summed E-state index contributed by atoms with van der Waals surface area (Å²) in [5.74, 6) is 0.782. The molecule has 1 aliphatic rings. The normalized spacial score (nSPS) is 17.0. The minimum absolute atomic E-state index is 0. The van der Waals surface area contributed by atoms with Crippen LogP contribution in [-0.2, 0) is 0 Å². The molecule has 1 aliphatic heterocycles. The molecule has 0 aromatic heterocycles. The number of nitrogens with one attached hydrogen (secondary N) is 2. The van der Waals surface area contributed by atoms with Crippen molar-refractivity contribution in [1.82, 2.24) is 10.6 Å². The third-order valence-corrected chi connectivity index (χ3v) is 4.23. The van der Waals surface area contributed by atoms with Crippen molar-refractivity contribution in [2.24, 2.45) is 10.9 Å². The summed E-state index contributed by atoms with van der Waals surface area (Å²) in [6.07, 6.45) is 1.97. The molecule has 2 rings (SSSR count). The maximum Gasteiger partial charge on any atom is 0.191 e. The van der Waals surface area contributed by atoms with E-state index < -0.39 is 0 Å². The number of hydrogen-bond donors (Lipinski definition) is 3. The number of aliphatic hydroxyl groups excluding tert-OH is 1. The summed E-state index contributed by atoms with van der Waals surface area (Å²) < 4.78 is 13.4. The molecule has 7 heteroatoms. The van der Waals surface area contributed by atoms with Crippen molar-refractivity contribution in [2.45, 2.75) is 32.7 Å². The number of benzene rings is 1. The third-order valence-electron chi connectivity index (χ3n) is 4.23. The van der Waals surface area contributed by atoms with E-state index in [1.807, 2.05) is 19.9 Å². The van der Waals surface area contributed by atoms with Gasteiger partial charge in [-0.3, -0.25) is 4.99 Å². The van der Waals surface area contributed by atoms with E-state index in [0.29, 0.717) is 12.6 Å². The summed E-state index contributed by atoms with van der Waals surface area (Å²) in [6, 6.07) is 7.14. The van der Waals surface area contributed by atoms with Gasteiger partial charge in [-0.25, -0.2) is 4.39 Å². The van der Waals surface area contributed by atoms with Gasteiger partial charge in [0.25, 0.3) is 0 Å². The lowest BCUT2D eigenvalue weighted by molar-refractivity contribution is 0.241. The van der Waals surface area contributed by atoms with Gasteiger partial charge in [-0.15, -0.1) is 24.0 Å². The second kappa shape index (κ2) is 11.5. The van der Waals surface area contributed by atoms with E-state index in [4.69, 9.17) is 5.11 Å². The van der Waals surface area contributed by atoms with Crippen LogP contribution < -0.4 is 15.5 Å². The van der Waals surface area contributed by atoms with E-state index in [0.717, 1.165) is 44.1 Å². The molecular weight excluding hydrogens is 434 g/mol. The molecular formula is C18H30FIN4O. The SMILES string of the molecule is CCNC(=NCC(C)CO)NC1CCN(c2cccc(F)c2)CC1.I. The predicted molar refractivity (Wildman–Crippen MR) is 112 cm³/mol. The largest absolute Gasteiger partial charge is 0.396 e. The van der Waals surface area contributed by atoms with Gasteiger partial charge in [-0.2, -0.15) is 0 Å². The highest BCUT2D eigenvalue weighted by atomic mass is 127. The average molecular weight is 464 g/mol. The number of anilines is 1. The van der Waals surface area contributed by atoms with Gasteiger partial charge < -0.3 is 20.6 Å². The smallest absolute Gasteiger partial charge is 0.191 e. The fraction of sp³-hybridized carbons (Fsp3) is 0.611. The standard InChI is InChI=1S/C18H29FN4O.HI/c1-3-20-18(21-12-14(2)13-24)22-16-7-9-23(10-8-16)17-6-4-5-15(19)11-17;/h4-6,11,14,16,24H,3,7-10,12-13H2,1-2H3,(H2,20,21,22);1H. The number of nitrogens with zero attached hydrogens (tertiary/aromatic N) is 2. The Labute approximate surface area is 167 Å². The van der Waals surface area contributed by atoms with Crippen LogP contribution in [0.15, 0.2) is 29.3 Å². The molecule has 1 heterocycles. The Balaban J connectivity index is 0.00000312. The van der Waals surface area contributed by atoms with Crippen LogP contribution in [0.4, 0.5) is 10.1 Å². The first-order chi connectivity index (χ1) is 11.6. The molecule has 1 fully saturated rings. The van der Waals surface area contributed by atoms with Crippen molar-refractivity contribution in [1.29, 1.82) is 0 Å². The Hall–Kier alpha value is -1.09. The number of rotatable bonds is 6. The maximum absolute atomic E-state index is 13.4. The first-order valence-electron chi connectivity index (χ1n) is 8.78. The molecule has 0 aliphatic carbocycles. The monoisotopic (exact) mass is 464 g/mol. The Kier molecular flexibility index (Phi) is 10.1. The molecule has 0 spiro atoms. The van der Waals surface area contributed by atoms with Crippen molar-refractivity contribution >= 4 is 35.6 Å². The van der Waals surface area contributed by atoms with Crippen LogP contribution in [0.5, 0.6) is 0 Å². The highest BCUT2D eigenvalue weighted by molar-refractivity contribution is 14.0. The van der Waals surface area contributed by atoms with Crippen LogP contribution >= 0.6 is 24.0 Å². The van der Waals surface area contributed by atoms with E-state index in [-0.39, 0.29) is 42.3 Å². The van der Waals surface area contributed by atoms with Gasteiger partial charge in [0, 0.05) is 44.5 Å². The van der Waals surface area contributed by atoms with E-state index >= 15 is 0 Å². The third kappa shape index (κ3) is 7.35. The number of aliphatic imine (C=N–C) groups is 1. The zero-order valence-electron chi connectivity index (χ0n) is 15.0. The van der Waals surface area contributed by atoms with Crippen LogP contribution in [0, 0.1) is 11.7 Å². The number of guanidine groups is 1. The molecule has 3 N–H and O–H groups in total. The quantitative estimate of drug-likeness (QED) is 0.344. The Morgan fingerprint density at radius 1 is 1.40 bits per heavy atom. The molecule has 25 heavy (non-hydrogen) atoms. The lowest BCUT2D eigenvalue weighted by Crippen LogP contribution is -2.49. The van der Waals surface area contributed by atoms with E-state index in [1.54, 1.807) is 12.1 Å². The summed E-state index contributed by atoms with van der Waals surface area (Å²) in [6.45, 7) is 7.37.